The molecule has 2 atom stereocenters. The first kappa shape index (κ1) is 8.68. The molecule has 0 aromatic rings. The first-order chi connectivity index (χ1) is 5.25. The van der Waals surface area contributed by atoms with Crippen molar-refractivity contribution >= 4 is 5.78 Å². The van der Waals surface area contributed by atoms with Gasteiger partial charge in [-0.25, -0.2) is 5.48 Å². The second kappa shape index (κ2) is 3.83. The SMILES string of the molecule is CNO[C@H]1CCC[C@H]1C(C)=O. The van der Waals surface area contributed by atoms with Gasteiger partial charge in [0.1, 0.15) is 5.78 Å². The molecular weight excluding hydrogens is 142 g/mol. The average Bonchev–Trinajstić information content (AvgIpc) is 2.36. The van der Waals surface area contributed by atoms with Crippen LogP contribution in [-0.2, 0) is 9.63 Å². The summed E-state index contributed by atoms with van der Waals surface area (Å²) in [5.74, 6) is 0.380. The van der Waals surface area contributed by atoms with E-state index in [0.29, 0.717) is 0 Å². The molecule has 0 amide bonds. The van der Waals surface area contributed by atoms with E-state index in [9.17, 15) is 4.79 Å². The molecule has 0 unspecified atom stereocenters. The molecule has 0 bridgehead atoms. The third kappa shape index (κ3) is 2.01. The highest BCUT2D eigenvalue weighted by atomic mass is 16.7. The summed E-state index contributed by atoms with van der Waals surface area (Å²) in [5, 5.41) is 0. The van der Waals surface area contributed by atoms with E-state index in [1.807, 2.05) is 0 Å². The Morgan fingerprint density at radius 2 is 2.27 bits per heavy atom. The highest BCUT2D eigenvalue weighted by molar-refractivity contribution is 5.79. The summed E-state index contributed by atoms with van der Waals surface area (Å²) in [6, 6.07) is 0. The molecule has 0 spiro atoms. The molecule has 0 radical (unpaired) electrons. The van der Waals surface area contributed by atoms with E-state index in [1.54, 1.807) is 14.0 Å². The Balaban J connectivity index is 2.44. The number of rotatable bonds is 3. The zero-order valence-corrected chi connectivity index (χ0v) is 7.09. The number of hydrogen-bond acceptors (Lipinski definition) is 3. The van der Waals surface area contributed by atoms with Gasteiger partial charge in [0.15, 0.2) is 0 Å². The lowest BCUT2D eigenvalue weighted by Crippen LogP contribution is -2.28. The van der Waals surface area contributed by atoms with Crippen LogP contribution in [0.15, 0.2) is 0 Å². The van der Waals surface area contributed by atoms with E-state index in [1.165, 1.54) is 0 Å². The minimum absolute atomic E-state index is 0.109. The van der Waals surface area contributed by atoms with E-state index < -0.39 is 0 Å². The smallest absolute Gasteiger partial charge is 0.135 e. The number of carbonyl (C=O) groups is 1. The summed E-state index contributed by atoms with van der Waals surface area (Å²) >= 11 is 0. The quantitative estimate of drug-likeness (QED) is 0.618. The fourth-order valence-corrected chi connectivity index (χ4v) is 1.68. The van der Waals surface area contributed by atoms with Crippen LogP contribution in [0.1, 0.15) is 26.2 Å². The van der Waals surface area contributed by atoms with Gasteiger partial charge in [0.2, 0.25) is 0 Å². The third-order valence-corrected chi connectivity index (χ3v) is 2.24. The van der Waals surface area contributed by atoms with Crippen molar-refractivity contribution in [3.05, 3.63) is 0 Å². The van der Waals surface area contributed by atoms with Gasteiger partial charge < -0.3 is 0 Å². The van der Waals surface area contributed by atoms with Gasteiger partial charge in [-0.15, -0.1) is 0 Å². The first-order valence-corrected chi connectivity index (χ1v) is 4.08. The van der Waals surface area contributed by atoms with E-state index in [0.717, 1.165) is 19.3 Å². The van der Waals surface area contributed by atoms with Crippen molar-refractivity contribution in [1.29, 1.82) is 0 Å². The molecule has 1 N–H and O–H groups in total. The summed E-state index contributed by atoms with van der Waals surface area (Å²) in [7, 11) is 1.73. The third-order valence-electron chi connectivity index (χ3n) is 2.24. The van der Waals surface area contributed by atoms with Crippen LogP contribution in [0.4, 0.5) is 0 Å². The molecule has 0 saturated heterocycles. The van der Waals surface area contributed by atoms with Crippen LogP contribution >= 0.6 is 0 Å². The number of ketones is 1. The van der Waals surface area contributed by atoms with E-state index in [-0.39, 0.29) is 17.8 Å². The normalized spacial score (nSPS) is 30.7. The van der Waals surface area contributed by atoms with Crippen molar-refractivity contribution in [3.8, 4) is 0 Å². The molecule has 3 nitrogen and oxygen atoms in total. The highest BCUT2D eigenvalue weighted by Gasteiger charge is 2.31. The van der Waals surface area contributed by atoms with E-state index in [2.05, 4.69) is 5.48 Å². The summed E-state index contributed by atoms with van der Waals surface area (Å²) in [5.41, 5.74) is 2.64. The van der Waals surface area contributed by atoms with Gasteiger partial charge in [-0.3, -0.25) is 9.63 Å². The van der Waals surface area contributed by atoms with E-state index in [4.69, 9.17) is 4.84 Å². The molecule has 1 rings (SSSR count). The molecule has 0 heterocycles. The maximum Gasteiger partial charge on any atom is 0.135 e. The standard InChI is InChI=1S/C8H15NO2/c1-6(10)7-4-3-5-8(7)11-9-2/h7-9H,3-5H2,1-2H3/t7-,8-/m0/s1. The molecule has 1 saturated carbocycles. The molecule has 3 heteroatoms. The lowest BCUT2D eigenvalue weighted by molar-refractivity contribution is -0.127. The van der Waals surface area contributed by atoms with Crippen LogP contribution in [0, 0.1) is 5.92 Å². The molecule has 1 aliphatic rings. The second-order valence-electron chi connectivity index (χ2n) is 3.01. The molecule has 1 fully saturated rings. The van der Waals surface area contributed by atoms with Gasteiger partial charge in [-0.2, -0.15) is 0 Å². The Labute approximate surface area is 67.1 Å². The summed E-state index contributed by atoms with van der Waals surface area (Å²) in [6.45, 7) is 1.64. The van der Waals surface area contributed by atoms with Crippen molar-refractivity contribution in [1.82, 2.24) is 5.48 Å². The molecule has 0 aromatic heterocycles. The van der Waals surface area contributed by atoms with Crippen molar-refractivity contribution in [2.45, 2.75) is 32.3 Å². The maximum absolute atomic E-state index is 11.0. The molecule has 0 aromatic carbocycles. The molecular formula is C8H15NO2. The van der Waals surface area contributed by atoms with Gasteiger partial charge in [0, 0.05) is 13.0 Å². The van der Waals surface area contributed by atoms with Gasteiger partial charge in [0.05, 0.1) is 6.10 Å². The largest absolute Gasteiger partial charge is 0.300 e. The minimum Gasteiger partial charge on any atom is -0.300 e. The summed E-state index contributed by atoms with van der Waals surface area (Å²) in [6.07, 6.45) is 3.21. The van der Waals surface area contributed by atoms with Gasteiger partial charge in [0.25, 0.3) is 0 Å². The molecule has 1 aliphatic carbocycles. The van der Waals surface area contributed by atoms with Gasteiger partial charge in [-0.05, 0) is 26.2 Å². The Morgan fingerprint density at radius 3 is 2.82 bits per heavy atom. The monoisotopic (exact) mass is 157 g/mol. The number of Topliss-reactive ketones (excluding diaryl/α,β-unsaturated/α-hetero) is 1. The van der Waals surface area contributed by atoms with Crippen LogP contribution in [0.2, 0.25) is 0 Å². The predicted octanol–water partition coefficient (Wildman–Crippen LogP) is 0.895. The van der Waals surface area contributed by atoms with Crippen molar-refractivity contribution in [2.75, 3.05) is 7.05 Å². The molecule has 0 aliphatic heterocycles. The lowest BCUT2D eigenvalue weighted by atomic mass is 10.0. The summed E-state index contributed by atoms with van der Waals surface area (Å²) < 4.78 is 0. The van der Waals surface area contributed by atoms with Crippen LogP contribution in [-0.4, -0.2) is 18.9 Å². The first-order valence-electron chi connectivity index (χ1n) is 4.08. The number of hydrogen-bond donors (Lipinski definition) is 1. The zero-order valence-electron chi connectivity index (χ0n) is 7.09. The Hall–Kier alpha value is -0.410. The maximum atomic E-state index is 11.0. The van der Waals surface area contributed by atoms with Crippen LogP contribution in [0.5, 0.6) is 0 Å². The predicted molar refractivity (Wildman–Crippen MR) is 42.0 cm³/mol. The molecule has 11 heavy (non-hydrogen) atoms. The topological polar surface area (TPSA) is 38.3 Å². The lowest BCUT2D eigenvalue weighted by Gasteiger charge is -2.15. The van der Waals surface area contributed by atoms with E-state index >= 15 is 0 Å². The summed E-state index contributed by atoms with van der Waals surface area (Å²) in [4.78, 5) is 16.2. The average molecular weight is 157 g/mol. The van der Waals surface area contributed by atoms with Crippen LogP contribution in [0.3, 0.4) is 0 Å². The number of carbonyl (C=O) groups excluding carboxylic acids is 1. The number of nitrogens with one attached hydrogen (secondary N) is 1. The second-order valence-corrected chi connectivity index (χ2v) is 3.01. The molecule has 64 valence electrons. The van der Waals surface area contributed by atoms with Crippen molar-refractivity contribution in [3.63, 3.8) is 0 Å². The fraction of sp³-hybridized carbons (Fsp3) is 0.875. The van der Waals surface area contributed by atoms with Crippen molar-refractivity contribution in [2.24, 2.45) is 5.92 Å². The van der Waals surface area contributed by atoms with Gasteiger partial charge in [-0.1, -0.05) is 0 Å². The zero-order chi connectivity index (χ0) is 8.27. The van der Waals surface area contributed by atoms with Crippen LogP contribution < -0.4 is 5.48 Å². The fourth-order valence-electron chi connectivity index (χ4n) is 1.68. The van der Waals surface area contributed by atoms with Gasteiger partial charge >= 0.3 is 0 Å². The Bertz CT molecular complexity index is 147. The Kier molecular flexibility index (Phi) is 3.02. The van der Waals surface area contributed by atoms with Crippen LogP contribution in [0.25, 0.3) is 0 Å². The Morgan fingerprint density at radius 1 is 1.55 bits per heavy atom. The van der Waals surface area contributed by atoms with Crippen molar-refractivity contribution < 1.29 is 9.63 Å². The highest BCUT2D eigenvalue weighted by Crippen LogP contribution is 2.27. The minimum atomic E-state index is 0.109. The number of hydroxylamine groups is 1.